The molecule has 0 unspecified atom stereocenters. The molecule has 0 spiro atoms. The van der Waals surface area contributed by atoms with Gasteiger partial charge in [-0.15, -0.1) is 0 Å². The molecule has 25 heavy (non-hydrogen) atoms. The van der Waals surface area contributed by atoms with Crippen molar-refractivity contribution in [1.82, 2.24) is 19.7 Å². The van der Waals surface area contributed by atoms with E-state index in [4.69, 9.17) is 10.5 Å². The van der Waals surface area contributed by atoms with Crippen molar-refractivity contribution >= 4 is 0 Å². The van der Waals surface area contributed by atoms with E-state index in [0.29, 0.717) is 29.7 Å². The lowest BCUT2D eigenvalue weighted by Crippen LogP contribution is -2.42. The number of para-hydroxylation sites is 1. The normalized spacial score (nSPS) is 19.4. The minimum atomic E-state index is -0.338. The third-order valence-corrected chi connectivity index (χ3v) is 4.56. The number of halogens is 1. The maximum atomic E-state index is 13.9. The van der Waals surface area contributed by atoms with Gasteiger partial charge in [-0.1, -0.05) is 12.1 Å². The van der Waals surface area contributed by atoms with Gasteiger partial charge in [0.05, 0.1) is 19.0 Å². The van der Waals surface area contributed by atoms with Crippen LogP contribution in [0.5, 0.6) is 5.75 Å². The van der Waals surface area contributed by atoms with E-state index in [2.05, 4.69) is 15.1 Å². The molecule has 2 heterocycles. The molecule has 1 saturated carbocycles. The van der Waals surface area contributed by atoms with E-state index in [0.717, 1.165) is 18.4 Å². The van der Waals surface area contributed by atoms with Gasteiger partial charge >= 0.3 is 0 Å². The number of rotatable bonds is 5. The minimum absolute atomic E-state index is 0.205. The fourth-order valence-corrected chi connectivity index (χ4v) is 2.85. The Labute approximate surface area is 144 Å². The average molecular weight is 339 g/mol. The molecule has 2 aromatic heterocycles. The van der Waals surface area contributed by atoms with Crippen LogP contribution in [-0.2, 0) is 0 Å². The summed E-state index contributed by atoms with van der Waals surface area (Å²) >= 11 is 0. The zero-order valence-corrected chi connectivity index (χ0v) is 13.5. The van der Waals surface area contributed by atoms with E-state index in [1.54, 1.807) is 36.8 Å². The van der Waals surface area contributed by atoms with Crippen LogP contribution >= 0.6 is 0 Å². The van der Waals surface area contributed by atoms with Crippen molar-refractivity contribution in [1.29, 1.82) is 0 Å². The highest BCUT2D eigenvalue weighted by molar-refractivity contribution is 5.64. The zero-order valence-electron chi connectivity index (χ0n) is 13.5. The molecule has 0 amide bonds. The summed E-state index contributed by atoms with van der Waals surface area (Å²) in [7, 11) is 0. The van der Waals surface area contributed by atoms with Gasteiger partial charge in [0.15, 0.2) is 5.75 Å². The smallest absolute Gasteiger partial charge is 0.163 e. The van der Waals surface area contributed by atoms with Crippen LogP contribution in [0.4, 0.5) is 4.39 Å². The van der Waals surface area contributed by atoms with Crippen molar-refractivity contribution in [2.24, 2.45) is 11.7 Å². The van der Waals surface area contributed by atoms with Crippen LogP contribution in [0.2, 0.25) is 0 Å². The number of hydrogen-bond donors (Lipinski definition) is 1. The number of aromatic nitrogens is 4. The molecule has 1 aromatic carbocycles. The number of ether oxygens (including phenoxy) is 1. The fraction of sp³-hybridized carbons (Fsp3) is 0.278. The third kappa shape index (κ3) is 3.10. The van der Waals surface area contributed by atoms with Gasteiger partial charge in [-0.25, -0.2) is 19.0 Å². The monoisotopic (exact) mass is 339 g/mol. The molecule has 3 aromatic rings. The quantitative estimate of drug-likeness (QED) is 0.773. The van der Waals surface area contributed by atoms with Crippen LogP contribution < -0.4 is 10.5 Å². The number of nitrogens with two attached hydrogens (primary N) is 1. The Morgan fingerprint density at radius 1 is 1.24 bits per heavy atom. The Morgan fingerprint density at radius 2 is 2.12 bits per heavy atom. The maximum Gasteiger partial charge on any atom is 0.163 e. The van der Waals surface area contributed by atoms with Crippen molar-refractivity contribution in [2.75, 3.05) is 6.61 Å². The van der Waals surface area contributed by atoms with Gasteiger partial charge in [0.1, 0.15) is 23.5 Å². The van der Waals surface area contributed by atoms with Crippen LogP contribution in [-0.4, -0.2) is 32.4 Å². The highest BCUT2D eigenvalue weighted by Crippen LogP contribution is 2.30. The van der Waals surface area contributed by atoms with E-state index in [9.17, 15) is 4.39 Å². The Bertz CT molecular complexity index is 881. The topological polar surface area (TPSA) is 78.8 Å². The summed E-state index contributed by atoms with van der Waals surface area (Å²) in [4.78, 5) is 8.34. The summed E-state index contributed by atoms with van der Waals surface area (Å²) in [5, 5.41) is 4.24. The predicted molar refractivity (Wildman–Crippen MR) is 90.7 cm³/mol. The summed E-state index contributed by atoms with van der Waals surface area (Å²) < 4.78 is 21.3. The average Bonchev–Trinajstić information content (AvgIpc) is 3.11. The summed E-state index contributed by atoms with van der Waals surface area (Å²) in [5.74, 6) is 0.610. The molecule has 0 bridgehead atoms. The summed E-state index contributed by atoms with van der Waals surface area (Å²) in [6.45, 7) is 0.545. The van der Waals surface area contributed by atoms with Gasteiger partial charge in [-0.3, -0.25) is 0 Å². The molecule has 0 saturated heterocycles. The first kappa shape index (κ1) is 15.7. The molecule has 128 valence electrons. The van der Waals surface area contributed by atoms with Crippen molar-refractivity contribution in [2.45, 2.75) is 18.9 Å². The fourth-order valence-electron chi connectivity index (χ4n) is 2.85. The standard InChI is InChI=1S/C18H18FN5O/c19-14-3-1-2-4-16(14)24-9-13(7-23-24)18-17(8-21-11-22-18)25-10-12-5-6-15(12)20/h1-4,7-9,11-12,15H,5-6,10,20H2/t12-,15-/m1/s1. The highest BCUT2D eigenvalue weighted by Gasteiger charge is 2.28. The second kappa shape index (κ2) is 6.60. The molecule has 1 aliphatic rings. The Morgan fingerprint density at radius 3 is 2.88 bits per heavy atom. The lowest BCUT2D eigenvalue weighted by atomic mass is 9.81. The molecular weight excluding hydrogens is 321 g/mol. The molecule has 2 atom stereocenters. The summed E-state index contributed by atoms with van der Waals surface area (Å²) in [6, 6.07) is 6.68. The van der Waals surface area contributed by atoms with E-state index < -0.39 is 0 Å². The largest absolute Gasteiger partial charge is 0.489 e. The predicted octanol–water partition coefficient (Wildman–Crippen LogP) is 2.58. The van der Waals surface area contributed by atoms with Crippen molar-refractivity contribution < 1.29 is 9.13 Å². The van der Waals surface area contributed by atoms with Crippen molar-refractivity contribution in [3.63, 3.8) is 0 Å². The molecular formula is C18H18FN5O. The molecule has 7 heteroatoms. The molecule has 0 radical (unpaired) electrons. The second-order valence-corrected chi connectivity index (χ2v) is 6.17. The highest BCUT2D eigenvalue weighted by atomic mass is 19.1. The lowest BCUT2D eigenvalue weighted by molar-refractivity contribution is 0.153. The Hall–Kier alpha value is -2.80. The van der Waals surface area contributed by atoms with Crippen LogP contribution in [0.15, 0.2) is 49.2 Å². The number of benzene rings is 1. The molecule has 1 aliphatic carbocycles. The van der Waals surface area contributed by atoms with Crippen molar-refractivity contribution in [3.8, 4) is 22.7 Å². The van der Waals surface area contributed by atoms with Gasteiger partial charge in [-0.05, 0) is 25.0 Å². The van der Waals surface area contributed by atoms with E-state index in [1.165, 1.54) is 17.1 Å². The number of nitrogens with zero attached hydrogens (tertiary/aromatic N) is 4. The Balaban J connectivity index is 1.59. The minimum Gasteiger partial charge on any atom is -0.489 e. The first-order valence-corrected chi connectivity index (χ1v) is 8.20. The molecule has 0 aliphatic heterocycles. The van der Waals surface area contributed by atoms with Crippen LogP contribution in [0.3, 0.4) is 0 Å². The van der Waals surface area contributed by atoms with Gasteiger partial charge < -0.3 is 10.5 Å². The van der Waals surface area contributed by atoms with Gasteiger partial charge in [0.2, 0.25) is 0 Å². The molecule has 2 N–H and O–H groups in total. The summed E-state index contributed by atoms with van der Waals surface area (Å²) in [6.07, 6.45) is 8.57. The van der Waals surface area contributed by atoms with Gasteiger partial charge in [-0.2, -0.15) is 5.10 Å². The van der Waals surface area contributed by atoms with E-state index >= 15 is 0 Å². The van der Waals surface area contributed by atoms with Crippen molar-refractivity contribution in [3.05, 3.63) is 55.0 Å². The zero-order chi connectivity index (χ0) is 17.2. The third-order valence-electron chi connectivity index (χ3n) is 4.56. The molecule has 4 rings (SSSR count). The van der Waals surface area contributed by atoms with Gasteiger partial charge in [0, 0.05) is 23.7 Å². The van der Waals surface area contributed by atoms with Gasteiger partial charge in [0.25, 0.3) is 0 Å². The van der Waals surface area contributed by atoms with E-state index in [-0.39, 0.29) is 11.9 Å². The first-order valence-electron chi connectivity index (χ1n) is 8.20. The number of hydrogen-bond acceptors (Lipinski definition) is 5. The molecule has 6 nitrogen and oxygen atoms in total. The van der Waals surface area contributed by atoms with Crippen LogP contribution in [0.1, 0.15) is 12.8 Å². The summed E-state index contributed by atoms with van der Waals surface area (Å²) in [5.41, 5.74) is 7.70. The maximum absolute atomic E-state index is 13.9. The van der Waals surface area contributed by atoms with Crippen LogP contribution in [0.25, 0.3) is 16.9 Å². The first-order chi connectivity index (χ1) is 12.2. The second-order valence-electron chi connectivity index (χ2n) is 6.17. The Kier molecular flexibility index (Phi) is 4.15. The van der Waals surface area contributed by atoms with E-state index in [1.807, 2.05) is 0 Å². The lowest BCUT2D eigenvalue weighted by Gasteiger charge is -2.33. The van der Waals surface area contributed by atoms with Crippen LogP contribution in [0, 0.1) is 11.7 Å². The SMILES string of the molecule is N[C@@H]1CC[C@@H]1COc1cncnc1-c1cnn(-c2ccccc2F)c1. The molecule has 1 fully saturated rings.